The van der Waals surface area contributed by atoms with Crippen molar-refractivity contribution in [3.63, 3.8) is 0 Å². The van der Waals surface area contributed by atoms with E-state index in [-0.39, 0.29) is 12.2 Å². The zero-order valence-corrected chi connectivity index (χ0v) is 10.0. The van der Waals surface area contributed by atoms with Crippen LogP contribution in [0.15, 0.2) is 18.2 Å². The number of carbonyl (C=O) groups excluding carboxylic acids is 1. The van der Waals surface area contributed by atoms with Gasteiger partial charge in [0, 0.05) is 19.2 Å². The maximum absolute atomic E-state index is 13.5. The van der Waals surface area contributed by atoms with E-state index in [1.54, 1.807) is 0 Å². The molecule has 1 aromatic carbocycles. The van der Waals surface area contributed by atoms with Gasteiger partial charge in [-0.25, -0.2) is 9.18 Å². The van der Waals surface area contributed by atoms with E-state index in [1.807, 2.05) is 0 Å². The molecule has 1 aromatic rings. The summed E-state index contributed by atoms with van der Waals surface area (Å²) in [6.45, 7) is 0.746. The summed E-state index contributed by atoms with van der Waals surface area (Å²) in [5.74, 6) is -0.0583. The van der Waals surface area contributed by atoms with Crippen molar-refractivity contribution in [1.29, 1.82) is 0 Å². The van der Waals surface area contributed by atoms with E-state index in [0.29, 0.717) is 18.7 Å². The van der Waals surface area contributed by atoms with Crippen molar-refractivity contribution >= 4 is 11.7 Å². The van der Waals surface area contributed by atoms with Crippen molar-refractivity contribution in [1.82, 2.24) is 4.90 Å². The highest BCUT2D eigenvalue weighted by atomic mass is 19.1. The van der Waals surface area contributed by atoms with Crippen LogP contribution in [0.25, 0.3) is 0 Å². The summed E-state index contributed by atoms with van der Waals surface area (Å²) >= 11 is 0. The lowest BCUT2D eigenvalue weighted by Gasteiger charge is -2.17. The molecule has 5 nitrogen and oxygen atoms in total. The Labute approximate surface area is 104 Å². The number of urea groups is 1. The molecule has 6 heteroatoms. The number of benzene rings is 1. The van der Waals surface area contributed by atoms with Crippen molar-refractivity contribution in [2.45, 2.75) is 12.5 Å². The third-order valence-electron chi connectivity index (χ3n) is 2.87. The third kappa shape index (κ3) is 2.70. The van der Waals surface area contributed by atoms with Crippen LogP contribution in [0.4, 0.5) is 14.9 Å². The molecule has 0 saturated carbocycles. The molecular formula is C12H15FN2O3. The number of nitrogens with zero attached hydrogens (tertiary/aromatic N) is 1. The molecule has 0 radical (unpaired) electrons. The molecular weight excluding hydrogens is 239 g/mol. The van der Waals surface area contributed by atoms with E-state index in [9.17, 15) is 14.3 Å². The van der Waals surface area contributed by atoms with Gasteiger partial charge in [0.25, 0.3) is 0 Å². The topological polar surface area (TPSA) is 61.8 Å². The molecule has 0 spiro atoms. The Hall–Kier alpha value is -1.82. The molecule has 2 N–H and O–H groups in total. The summed E-state index contributed by atoms with van der Waals surface area (Å²) in [7, 11) is 1.47. The van der Waals surface area contributed by atoms with E-state index in [1.165, 1.54) is 30.2 Å². The Morgan fingerprint density at radius 1 is 1.61 bits per heavy atom. The predicted molar refractivity (Wildman–Crippen MR) is 64.2 cm³/mol. The van der Waals surface area contributed by atoms with Gasteiger partial charge in [-0.2, -0.15) is 0 Å². The predicted octanol–water partition coefficient (Wildman–Crippen LogP) is 1.43. The van der Waals surface area contributed by atoms with Gasteiger partial charge in [0.1, 0.15) is 11.6 Å². The van der Waals surface area contributed by atoms with Crippen molar-refractivity contribution in [2.75, 3.05) is 25.5 Å². The zero-order chi connectivity index (χ0) is 13.1. The Morgan fingerprint density at radius 3 is 3.00 bits per heavy atom. The maximum Gasteiger partial charge on any atom is 0.322 e. The Kier molecular flexibility index (Phi) is 3.66. The number of aliphatic hydroxyl groups is 1. The molecule has 2 rings (SSSR count). The van der Waals surface area contributed by atoms with E-state index >= 15 is 0 Å². The summed E-state index contributed by atoms with van der Waals surface area (Å²) in [6.07, 6.45) is 0.0551. The van der Waals surface area contributed by atoms with E-state index in [4.69, 9.17) is 4.74 Å². The number of rotatable bonds is 2. The molecule has 18 heavy (non-hydrogen) atoms. The number of carbonyl (C=O) groups is 1. The molecule has 1 heterocycles. The maximum atomic E-state index is 13.5. The minimum absolute atomic E-state index is 0.0701. The first-order valence-corrected chi connectivity index (χ1v) is 5.67. The summed E-state index contributed by atoms with van der Waals surface area (Å²) in [4.78, 5) is 13.3. The van der Waals surface area contributed by atoms with E-state index in [2.05, 4.69) is 5.32 Å². The molecule has 0 aliphatic carbocycles. The van der Waals surface area contributed by atoms with Crippen molar-refractivity contribution in [3.8, 4) is 5.75 Å². The van der Waals surface area contributed by atoms with Gasteiger partial charge >= 0.3 is 6.03 Å². The van der Waals surface area contributed by atoms with Crippen molar-refractivity contribution < 1.29 is 19.0 Å². The van der Waals surface area contributed by atoms with Crippen molar-refractivity contribution in [2.24, 2.45) is 0 Å². The van der Waals surface area contributed by atoms with Gasteiger partial charge < -0.3 is 20.1 Å². The fourth-order valence-electron chi connectivity index (χ4n) is 1.85. The Balaban J connectivity index is 2.06. The van der Waals surface area contributed by atoms with Crippen LogP contribution in [0.5, 0.6) is 5.75 Å². The standard InChI is InChI=1S/C12H15FN2O3/c1-18-9-2-3-10(13)11(6-9)14-12(17)15-5-4-8(16)7-15/h2-3,6,8,16H,4-5,7H2,1H3,(H,14,17)/t8-/m1/s1. The fraction of sp³-hybridized carbons (Fsp3) is 0.417. The van der Waals surface area contributed by atoms with Crippen LogP contribution >= 0.6 is 0 Å². The van der Waals surface area contributed by atoms with Gasteiger partial charge in [-0.15, -0.1) is 0 Å². The molecule has 0 bridgehead atoms. The number of nitrogens with one attached hydrogen (secondary N) is 1. The van der Waals surface area contributed by atoms with Gasteiger partial charge in [0.15, 0.2) is 0 Å². The molecule has 0 unspecified atom stereocenters. The van der Waals surface area contributed by atoms with Crippen LogP contribution < -0.4 is 10.1 Å². The summed E-state index contributed by atoms with van der Waals surface area (Å²) in [5.41, 5.74) is 0.0701. The average Bonchev–Trinajstić information content (AvgIpc) is 2.79. The van der Waals surface area contributed by atoms with Crippen LogP contribution in [0.1, 0.15) is 6.42 Å². The zero-order valence-electron chi connectivity index (χ0n) is 10.0. The van der Waals surface area contributed by atoms with Crippen LogP contribution in [0.2, 0.25) is 0 Å². The lowest BCUT2D eigenvalue weighted by atomic mass is 10.3. The smallest absolute Gasteiger partial charge is 0.322 e. The number of ether oxygens (including phenoxy) is 1. The van der Waals surface area contributed by atoms with Gasteiger partial charge in [-0.1, -0.05) is 0 Å². The minimum atomic E-state index is -0.524. The average molecular weight is 254 g/mol. The Bertz CT molecular complexity index is 453. The third-order valence-corrected chi connectivity index (χ3v) is 2.87. The minimum Gasteiger partial charge on any atom is -0.497 e. The molecule has 1 atom stereocenters. The first-order valence-electron chi connectivity index (χ1n) is 5.67. The molecule has 98 valence electrons. The number of hydrogen-bond acceptors (Lipinski definition) is 3. The summed E-state index contributed by atoms with van der Waals surface area (Å²) < 4.78 is 18.5. The number of halogens is 1. The molecule has 1 aliphatic rings. The number of aliphatic hydroxyl groups excluding tert-OH is 1. The van der Waals surface area contributed by atoms with Crippen LogP contribution in [0, 0.1) is 5.82 Å². The van der Waals surface area contributed by atoms with Crippen LogP contribution in [-0.4, -0.2) is 42.3 Å². The van der Waals surface area contributed by atoms with Gasteiger partial charge in [0.2, 0.25) is 0 Å². The normalized spacial score (nSPS) is 18.8. The van der Waals surface area contributed by atoms with E-state index < -0.39 is 18.0 Å². The summed E-state index contributed by atoms with van der Waals surface area (Å²) in [6, 6.07) is 3.70. The number of amides is 2. The lowest BCUT2D eigenvalue weighted by molar-refractivity contribution is 0.176. The second kappa shape index (κ2) is 5.22. The Morgan fingerprint density at radius 2 is 2.39 bits per heavy atom. The first kappa shape index (κ1) is 12.6. The number of methoxy groups -OCH3 is 1. The van der Waals surface area contributed by atoms with Crippen molar-refractivity contribution in [3.05, 3.63) is 24.0 Å². The molecule has 1 aliphatic heterocycles. The van der Waals surface area contributed by atoms with Crippen LogP contribution in [0.3, 0.4) is 0 Å². The SMILES string of the molecule is COc1ccc(F)c(NC(=O)N2CC[C@@H](O)C2)c1. The quantitative estimate of drug-likeness (QED) is 0.839. The second-order valence-corrected chi connectivity index (χ2v) is 4.16. The monoisotopic (exact) mass is 254 g/mol. The summed E-state index contributed by atoms with van der Waals surface area (Å²) in [5, 5.41) is 11.8. The highest BCUT2D eigenvalue weighted by Crippen LogP contribution is 2.22. The number of β-amino-alcohol motifs (C(OH)–C–C–N with tert-alkyl or cyclic N) is 1. The molecule has 0 aromatic heterocycles. The molecule has 1 fully saturated rings. The van der Waals surface area contributed by atoms with Gasteiger partial charge in [0.05, 0.1) is 18.9 Å². The van der Waals surface area contributed by atoms with E-state index in [0.717, 1.165) is 0 Å². The fourth-order valence-corrected chi connectivity index (χ4v) is 1.85. The number of anilines is 1. The number of likely N-dealkylation sites (tertiary alicyclic amines) is 1. The molecule has 1 saturated heterocycles. The molecule has 2 amide bonds. The van der Waals surface area contributed by atoms with Gasteiger partial charge in [-0.05, 0) is 18.6 Å². The highest BCUT2D eigenvalue weighted by molar-refractivity contribution is 5.89. The van der Waals surface area contributed by atoms with Gasteiger partial charge in [-0.3, -0.25) is 0 Å². The highest BCUT2D eigenvalue weighted by Gasteiger charge is 2.25. The second-order valence-electron chi connectivity index (χ2n) is 4.16. The first-order chi connectivity index (χ1) is 8.60. The number of hydrogen-bond donors (Lipinski definition) is 2. The largest absolute Gasteiger partial charge is 0.497 e. The lowest BCUT2D eigenvalue weighted by Crippen LogP contribution is -2.33. The van der Waals surface area contributed by atoms with Crippen LogP contribution in [-0.2, 0) is 0 Å².